The molecule has 17 heavy (non-hydrogen) atoms. The van der Waals surface area contributed by atoms with Crippen LogP contribution in [0.1, 0.15) is 30.9 Å². The van der Waals surface area contributed by atoms with Gasteiger partial charge in [-0.1, -0.05) is 31.2 Å². The molecule has 1 aromatic carbocycles. The molecule has 0 aromatic heterocycles. The van der Waals surface area contributed by atoms with Crippen LogP contribution in [0.5, 0.6) is 0 Å². The van der Waals surface area contributed by atoms with Crippen molar-refractivity contribution in [2.45, 2.75) is 31.7 Å². The summed E-state index contributed by atoms with van der Waals surface area (Å²) < 4.78 is 0. The van der Waals surface area contributed by atoms with Gasteiger partial charge in [-0.2, -0.15) is 0 Å². The zero-order valence-corrected chi connectivity index (χ0v) is 10.7. The van der Waals surface area contributed by atoms with E-state index in [0.29, 0.717) is 5.41 Å². The number of hydrogen-bond acceptors (Lipinski definition) is 2. The Hall–Kier alpha value is -0.860. The predicted octanol–water partition coefficient (Wildman–Crippen LogP) is 2.14. The highest BCUT2D eigenvalue weighted by Crippen LogP contribution is 2.38. The molecule has 1 N–H and O–H groups in total. The number of fused-ring (bicyclic) bond motifs is 2. The van der Waals surface area contributed by atoms with Crippen molar-refractivity contribution in [2.75, 3.05) is 26.2 Å². The van der Waals surface area contributed by atoms with Crippen LogP contribution in [0.4, 0.5) is 0 Å². The number of hydrogen-bond donors (Lipinski definition) is 1. The van der Waals surface area contributed by atoms with Crippen LogP contribution in [0.2, 0.25) is 0 Å². The van der Waals surface area contributed by atoms with Gasteiger partial charge in [0.05, 0.1) is 0 Å². The maximum atomic E-state index is 3.62. The summed E-state index contributed by atoms with van der Waals surface area (Å²) in [4.78, 5) is 2.57. The summed E-state index contributed by atoms with van der Waals surface area (Å²) in [6, 6.07) is 9.02. The number of benzene rings is 1. The number of piperidine rings is 1. The van der Waals surface area contributed by atoms with E-state index in [1.54, 1.807) is 5.56 Å². The van der Waals surface area contributed by atoms with Gasteiger partial charge in [0.25, 0.3) is 0 Å². The molecule has 2 aliphatic heterocycles. The highest BCUT2D eigenvalue weighted by Gasteiger charge is 2.38. The largest absolute Gasteiger partial charge is 0.312 e. The first kappa shape index (κ1) is 11.2. The van der Waals surface area contributed by atoms with Gasteiger partial charge in [0.15, 0.2) is 0 Å². The Balaban J connectivity index is 1.89. The second-order valence-electron chi connectivity index (χ2n) is 5.48. The third-order valence-corrected chi connectivity index (χ3v) is 4.63. The molecule has 92 valence electrons. The molecule has 0 amide bonds. The van der Waals surface area contributed by atoms with Crippen molar-refractivity contribution in [3.05, 3.63) is 35.4 Å². The molecule has 1 fully saturated rings. The topological polar surface area (TPSA) is 15.3 Å². The lowest BCUT2D eigenvalue weighted by molar-refractivity contribution is 0.156. The second kappa shape index (κ2) is 4.43. The smallest absolute Gasteiger partial charge is 0.0208 e. The number of nitrogens with one attached hydrogen (secondary N) is 1. The molecule has 1 spiro atoms. The van der Waals surface area contributed by atoms with Gasteiger partial charge in [-0.05, 0) is 43.6 Å². The summed E-state index contributed by atoms with van der Waals surface area (Å²) in [5.74, 6) is 0. The van der Waals surface area contributed by atoms with Crippen molar-refractivity contribution in [1.29, 1.82) is 0 Å². The molecule has 1 aromatic rings. The monoisotopic (exact) mass is 230 g/mol. The van der Waals surface area contributed by atoms with E-state index >= 15 is 0 Å². The first-order chi connectivity index (χ1) is 8.34. The fourth-order valence-corrected chi connectivity index (χ4v) is 3.47. The fraction of sp³-hybridized carbons (Fsp3) is 0.600. The summed E-state index contributed by atoms with van der Waals surface area (Å²) in [5.41, 5.74) is 3.55. The maximum absolute atomic E-state index is 3.62. The predicted molar refractivity (Wildman–Crippen MR) is 71.2 cm³/mol. The Kier molecular flexibility index (Phi) is 2.93. The molecule has 1 saturated heterocycles. The van der Waals surface area contributed by atoms with Crippen LogP contribution in [0.25, 0.3) is 0 Å². The van der Waals surface area contributed by atoms with Crippen LogP contribution in [0.15, 0.2) is 24.3 Å². The zero-order valence-electron chi connectivity index (χ0n) is 10.7. The number of likely N-dealkylation sites (tertiary alicyclic amines) is 1. The van der Waals surface area contributed by atoms with Gasteiger partial charge in [-0.3, -0.25) is 0 Å². The van der Waals surface area contributed by atoms with E-state index in [9.17, 15) is 0 Å². The SMILES string of the molecule is CCN1CCC2(CC1)CNCc1ccccc12. The van der Waals surface area contributed by atoms with Crippen LogP contribution >= 0.6 is 0 Å². The van der Waals surface area contributed by atoms with Gasteiger partial charge in [-0.25, -0.2) is 0 Å². The Labute approximate surface area is 104 Å². The van der Waals surface area contributed by atoms with Crippen molar-refractivity contribution >= 4 is 0 Å². The minimum atomic E-state index is 0.417. The van der Waals surface area contributed by atoms with E-state index in [1.165, 1.54) is 44.6 Å². The first-order valence-corrected chi connectivity index (χ1v) is 6.85. The van der Waals surface area contributed by atoms with Crippen LogP contribution < -0.4 is 5.32 Å². The molecule has 0 radical (unpaired) electrons. The molecule has 0 bridgehead atoms. The molecule has 0 atom stereocenters. The van der Waals surface area contributed by atoms with E-state index in [-0.39, 0.29) is 0 Å². The average molecular weight is 230 g/mol. The normalized spacial score (nSPS) is 23.6. The van der Waals surface area contributed by atoms with Gasteiger partial charge in [0.1, 0.15) is 0 Å². The lowest BCUT2D eigenvalue weighted by atomic mass is 9.69. The van der Waals surface area contributed by atoms with Gasteiger partial charge in [0, 0.05) is 18.5 Å². The minimum absolute atomic E-state index is 0.417. The summed E-state index contributed by atoms with van der Waals surface area (Å²) in [5, 5.41) is 3.62. The third kappa shape index (κ3) is 1.90. The Morgan fingerprint density at radius 1 is 1.24 bits per heavy atom. The van der Waals surface area contributed by atoms with E-state index < -0.39 is 0 Å². The fourth-order valence-electron chi connectivity index (χ4n) is 3.47. The maximum Gasteiger partial charge on any atom is 0.0208 e. The lowest BCUT2D eigenvalue weighted by Gasteiger charge is -2.45. The highest BCUT2D eigenvalue weighted by atomic mass is 15.1. The summed E-state index contributed by atoms with van der Waals surface area (Å²) in [6.45, 7) is 8.20. The van der Waals surface area contributed by atoms with E-state index in [4.69, 9.17) is 0 Å². The second-order valence-corrected chi connectivity index (χ2v) is 5.48. The van der Waals surface area contributed by atoms with Gasteiger partial charge < -0.3 is 10.2 Å². The molecule has 0 aliphatic carbocycles. The molecular weight excluding hydrogens is 208 g/mol. The van der Waals surface area contributed by atoms with E-state index in [1.807, 2.05) is 0 Å². The van der Waals surface area contributed by atoms with Crippen molar-refractivity contribution in [3.63, 3.8) is 0 Å². The molecule has 3 rings (SSSR count). The van der Waals surface area contributed by atoms with Gasteiger partial charge >= 0.3 is 0 Å². The Bertz CT molecular complexity index is 392. The Morgan fingerprint density at radius 2 is 2.00 bits per heavy atom. The summed E-state index contributed by atoms with van der Waals surface area (Å²) in [7, 11) is 0. The van der Waals surface area contributed by atoms with E-state index in [0.717, 1.165) is 6.54 Å². The molecule has 2 heterocycles. The van der Waals surface area contributed by atoms with Crippen LogP contribution in [0.3, 0.4) is 0 Å². The van der Waals surface area contributed by atoms with Crippen LogP contribution in [-0.2, 0) is 12.0 Å². The van der Waals surface area contributed by atoms with Gasteiger partial charge in [-0.15, -0.1) is 0 Å². The highest BCUT2D eigenvalue weighted by molar-refractivity contribution is 5.37. The van der Waals surface area contributed by atoms with Crippen molar-refractivity contribution in [1.82, 2.24) is 10.2 Å². The van der Waals surface area contributed by atoms with Crippen molar-refractivity contribution in [3.8, 4) is 0 Å². The van der Waals surface area contributed by atoms with Gasteiger partial charge in [0.2, 0.25) is 0 Å². The van der Waals surface area contributed by atoms with Crippen LogP contribution in [0, 0.1) is 0 Å². The Morgan fingerprint density at radius 3 is 2.76 bits per heavy atom. The van der Waals surface area contributed by atoms with Crippen molar-refractivity contribution < 1.29 is 0 Å². The lowest BCUT2D eigenvalue weighted by Crippen LogP contribution is -2.50. The number of rotatable bonds is 1. The third-order valence-electron chi connectivity index (χ3n) is 4.63. The number of nitrogens with zero attached hydrogens (tertiary/aromatic N) is 1. The minimum Gasteiger partial charge on any atom is -0.312 e. The molecule has 0 saturated carbocycles. The first-order valence-electron chi connectivity index (χ1n) is 6.85. The molecule has 0 unspecified atom stereocenters. The molecule has 2 aliphatic rings. The van der Waals surface area contributed by atoms with Crippen LogP contribution in [-0.4, -0.2) is 31.1 Å². The molecule has 2 heteroatoms. The van der Waals surface area contributed by atoms with E-state index in [2.05, 4.69) is 41.4 Å². The molecular formula is C15H22N2. The zero-order chi connectivity index (χ0) is 11.7. The molecule has 2 nitrogen and oxygen atoms in total. The summed E-state index contributed by atoms with van der Waals surface area (Å²) >= 11 is 0. The average Bonchev–Trinajstić information content (AvgIpc) is 2.40. The standard InChI is InChI=1S/C15H22N2/c1-2-17-9-7-15(8-10-17)12-16-11-13-5-3-4-6-14(13)15/h3-6,16H,2,7-12H2,1H3. The summed E-state index contributed by atoms with van der Waals surface area (Å²) in [6.07, 6.45) is 2.62. The quantitative estimate of drug-likeness (QED) is 0.795. The van der Waals surface area contributed by atoms with Crippen molar-refractivity contribution in [2.24, 2.45) is 0 Å².